The molecule has 0 saturated heterocycles. The number of carbonyl (C=O) groups is 2. The van der Waals surface area contributed by atoms with Gasteiger partial charge in [0.1, 0.15) is 18.1 Å². The Morgan fingerprint density at radius 1 is 1.09 bits per heavy atom. The molecule has 0 aliphatic rings. The first kappa shape index (κ1) is 23.1. The van der Waals surface area contributed by atoms with E-state index in [-0.39, 0.29) is 12.2 Å². The molecule has 8 nitrogen and oxygen atoms in total. The zero-order chi connectivity index (χ0) is 23.1. The van der Waals surface area contributed by atoms with E-state index in [1.54, 1.807) is 24.4 Å². The summed E-state index contributed by atoms with van der Waals surface area (Å²) in [6.07, 6.45) is 1.62. The van der Waals surface area contributed by atoms with E-state index in [2.05, 4.69) is 29.5 Å². The number of anilines is 2. The molecule has 168 valence electrons. The van der Waals surface area contributed by atoms with Gasteiger partial charge in [0.2, 0.25) is 0 Å². The number of benzene rings is 2. The highest BCUT2D eigenvalue weighted by molar-refractivity contribution is 7.15. The lowest BCUT2D eigenvalue weighted by atomic mass is 10.2. The topological polar surface area (TPSA) is 110 Å². The summed E-state index contributed by atoms with van der Waals surface area (Å²) >= 11 is 1.29. The number of urea groups is 1. The van der Waals surface area contributed by atoms with Crippen LogP contribution in [0.15, 0.2) is 48.7 Å². The van der Waals surface area contributed by atoms with Crippen molar-refractivity contribution in [2.24, 2.45) is 5.92 Å². The van der Waals surface area contributed by atoms with Crippen molar-refractivity contribution >= 4 is 34.2 Å². The number of amides is 2. The second-order valence-electron chi connectivity index (χ2n) is 7.53. The molecule has 3 aromatic rings. The lowest BCUT2D eigenvalue weighted by Crippen LogP contribution is -2.20. The molecule has 9 heteroatoms. The molecule has 2 amide bonds. The van der Waals surface area contributed by atoms with Gasteiger partial charge in [-0.2, -0.15) is 0 Å². The summed E-state index contributed by atoms with van der Waals surface area (Å²) in [4.78, 5) is 28.3. The van der Waals surface area contributed by atoms with Crippen LogP contribution in [0, 0.1) is 12.8 Å². The maximum atomic E-state index is 12.4. The summed E-state index contributed by atoms with van der Waals surface area (Å²) in [6.45, 7) is 6.88. The van der Waals surface area contributed by atoms with Crippen molar-refractivity contribution < 1.29 is 24.2 Å². The van der Waals surface area contributed by atoms with Gasteiger partial charge in [-0.05, 0) is 54.8 Å². The molecule has 0 aliphatic heterocycles. The van der Waals surface area contributed by atoms with Gasteiger partial charge >= 0.3 is 12.0 Å². The molecule has 0 spiro atoms. The van der Waals surface area contributed by atoms with Crippen LogP contribution in [0.2, 0.25) is 0 Å². The van der Waals surface area contributed by atoms with Gasteiger partial charge in [0.25, 0.3) is 0 Å². The first-order valence-electron chi connectivity index (χ1n) is 10.0. The average Bonchev–Trinajstić information content (AvgIpc) is 3.19. The van der Waals surface area contributed by atoms with Crippen LogP contribution < -0.4 is 20.1 Å². The minimum Gasteiger partial charge on any atom is -0.491 e. The van der Waals surface area contributed by atoms with Crippen molar-refractivity contribution in [1.82, 2.24) is 4.98 Å². The van der Waals surface area contributed by atoms with E-state index < -0.39 is 12.0 Å². The zero-order valence-electron chi connectivity index (χ0n) is 18.0. The summed E-state index contributed by atoms with van der Waals surface area (Å²) in [5, 5.41) is 14.9. The van der Waals surface area contributed by atoms with Crippen LogP contribution in [0.5, 0.6) is 11.5 Å². The third-order valence-electron chi connectivity index (χ3n) is 4.21. The standard InChI is InChI=1S/C23H25N3O5S/c1-14(2)12-31-20-10-15(3)4-9-19(20)25-22(29)26-23-24-11-18(32-23)13-30-17-7-5-16(6-8-17)21(27)28/h4-11,14H,12-13H2,1-3H3,(H,27,28)(H2,24,25,26,29). The summed E-state index contributed by atoms with van der Waals surface area (Å²) in [5.41, 5.74) is 1.81. The number of aromatic carboxylic acids is 1. The van der Waals surface area contributed by atoms with Gasteiger partial charge < -0.3 is 19.9 Å². The molecule has 3 rings (SSSR count). The predicted molar refractivity (Wildman–Crippen MR) is 124 cm³/mol. The molecule has 2 aromatic carbocycles. The molecule has 32 heavy (non-hydrogen) atoms. The van der Waals surface area contributed by atoms with Crippen molar-refractivity contribution in [3.63, 3.8) is 0 Å². The molecule has 1 heterocycles. The minimum atomic E-state index is -0.989. The number of thiazole rings is 1. The Morgan fingerprint density at radius 2 is 1.84 bits per heavy atom. The summed E-state index contributed by atoms with van der Waals surface area (Å²) in [7, 11) is 0. The van der Waals surface area contributed by atoms with Gasteiger partial charge in [0.05, 0.1) is 22.7 Å². The largest absolute Gasteiger partial charge is 0.491 e. The number of hydrogen-bond donors (Lipinski definition) is 3. The molecule has 0 atom stereocenters. The van der Waals surface area contributed by atoms with Gasteiger partial charge in [-0.25, -0.2) is 14.6 Å². The number of nitrogens with zero attached hydrogens (tertiary/aromatic N) is 1. The number of aromatic nitrogens is 1. The SMILES string of the molecule is Cc1ccc(NC(=O)Nc2ncc(COc3ccc(C(=O)O)cc3)s2)c(OCC(C)C)c1. The molecule has 3 N–H and O–H groups in total. The van der Waals surface area contributed by atoms with E-state index in [1.165, 1.54) is 23.5 Å². The van der Waals surface area contributed by atoms with Gasteiger partial charge in [0, 0.05) is 6.20 Å². The van der Waals surface area contributed by atoms with Crippen molar-refractivity contribution in [1.29, 1.82) is 0 Å². The maximum Gasteiger partial charge on any atom is 0.335 e. The number of ether oxygens (including phenoxy) is 2. The summed E-state index contributed by atoms with van der Waals surface area (Å²) < 4.78 is 11.5. The smallest absolute Gasteiger partial charge is 0.335 e. The molecule has 1 aromatic heterocycles. The fourth-order valence-corrected chi connectivity index (χ4v) is 3.36. The van der Waals surface area contributed by atoms with E-state index in [4.69, 9.17) is 14.6 Å². The molecule has 0 radical (unpaired) electrons. The van der Waals surface area contributed by atoms with E-state index in [0.717, 1.165) is 10.4 Å². The number of carboxylic acids is 1. The van der Waals surface area contributed by atoms with E-state index in [0.29, 0.717) is 34.8 Å². The van der Waals surface area contributed by atoms with Crippen molar-refractivity contribution in [2.75, 3.05) is 17.2 Å². The molecule has 0 fully saturated rings. The zero-order valence-corrected chi connectivity index (χ0v) is 18.9. The van der Waals surface area contributed by atoms with Crippen LogP contribution >= 0.6 is 11.3 Å². The van der Waals surface area contributed by atoms with E-state index in [9.17, 15) is 9.59 Å². The van der Waals surface area contributed by atoms with Crippen molar-refractivity contribution in [2.45, 2.75) is 27.4 Å². The average molecular weight is 456 g/mol. The number of aryl methyl sites for hydroxylation is 1. The Bertz CT molecular complexity index is 1080. The molecule has 0 aliphatic carbocycles. The fraction of sp³-hybridized carbons (Fsp3) is 0.261. The number of rotatable bonds is 9. The van der Waals surface area contributed by atoms with Crippen LogP contribution in [-0.4, -0.2) is 28.7 Å². The number of carboxylic acid groups (broad SMARTS) is 1. The minimum absolute atomic E-state index is 0.193. The Labute approximate surface area is 190 Å². The Balaban J connectivity index is 1.55. The lowest BCUT2D eigenvalue weighted by molar-refractivity contribution is 0.0697. The highest BCUT2D eigenvalue weighted by atomic mass is 32.1. The van der Waals surface area contributed by atoms with Gasteiger partial charge in [0.15, 0.2) is 5.13 Å². The quantitative estimate of drug-likeness (QED) is 0.398. The highest BCUT2D eigenvalue weighted by Crippen LogP contribution is 2.27. The van der Waals surface area contributed by atoms with E-state index in [1.807, 2.05) is 19.1 Å². The van der Waals surface area contributed by atoms with Crippen LogP contribution in [0.1, 0.15) is 34.6 Å². The van der Waals surface area contributed by atoms with Crippen LogP contribution in [0.25, 0.3) is 0 Å². The molecule has 0 saturated carbocycles. The highest BCUT2D eigenvalue weighted by Gasteiger charge is 2.12. The molecular weight excluding hydrogens is 430 g/mol. The third-order valence-corrected chi connectivity index (χ3v) is 5.10. The van der Waals surface area contributed by atoms with Gasteiger partial charge in [-0.15, -0.1) is 0 Å². The second kappa shape index (κ2) is 10.6. The van der Waals surface area contributed by atoms with Crippen LogP contribution in [-0.2, 0) is 6.61 Å². The number of hydrogen-bond acceptors (Lipinski definition) is 6. The maximum absolute atomic E-state index is 12.4. The molecular formula is C23H25N3O5S. The number of nitrogens with one attached hydrogen (secondary N) is 2. The monoisotopic (exact) mass is 455 g/mol. The molecule has 0 bridgehead atoms. The predicted octanol–water partition coefficient (Wildman–Crippen LogP) is 5.41. The first-order valence-corrected chi connectivity index (χ1v) is 10.8. The normalized spacial score (nSPS) is 10.6. The van der Waals surface area contributed by atoms with Crippen LogP contribution in [0.3, 0.4) is 0 Å². The Morgan fingerprint density at radius 3 is 2.53 bits per heavy atom. The van der Waals surface area contributed by atoms with Crippen molar-refractivity contribution in [3.05, 3.63) is 64.7 Å². The van der Waals surface area contributed by atoms with Crippen molar-refractivity contribution in [3.8, 4) is 11.5 Å². The van der Waals surface area contributed by atoms with Gasteiger partial charge in [-0.3, -0.25) is 5.32 Å². The summed E-state index contributed by atoms with van der Waals surface area (Å²) in [6, 6.07) is 11.3. The molecule has 0 unspecified atom stereocenters. The first-order chi connectivity index (χ1) is 15.3. The summed E-state index contributed by atoms with van der Waals surface area (Å²) in [5.74, 6) is 0.542. The fourth-order valence-electron chi connectivity index (χ4n) is 2.64. The Hall–Kier alpha value is -3.59. The Kier molecular flexibility index (Phi) is 7.67. The lowest BCUT2D eigenvalue weighted by Gasteiger charge is -2.14. The van der Waals surface area contributed by atoms with Crippen LogP contribution in [0.4, 0.5) is 15.6 Å². The second-order valence-corrected chi connectivity index (χ2v) is 8.65. The third kappa shape index (κ3) is 6.71. The van der Waals surface area contributed by atoms with Gasteiger partial charge in [-0.1, -0.05) is 31.3 Å². The van der Waals surface area contributed by atoms with E-state index >= 15 is 0 Å². The number of carbonyl (C=O) groups excluding carboxylic acids is 1.